The van der Waals surface area contributed by atoms with Crippen molar-refractivity contribution in [3.05, 3.63) is 0 Å². The quantitative estimate of drug-likeness (QED) is 0.0342. The first-order valence-electron chi connectivity index (χ1n) is 28.9. The molecule has 0 N–H and O–H groups in total. The molecule has 0 saturated heterocycles. The van der Waals surface area contributed by atoms with Crippen molar-refractivity contribution in [2.75, 3.05) is 33.0 Å². The highest BCUT2D eigenvalue weighted by atomic mass is 16.9. The monoisotopic (exact) mass is 925 g/mol. The lowest BCUT2D eigenvalue weighted by molar-refractivity contribution is -0.512. The molecule has 7 heteroatoms. The van der Waals surface area contributed by atoms with E-state index >= 15 is 0 Å². The molecule has 0 rings (SSSR count). The lowest BCUT2D eigenvalue weighted by Gasteiger charge is -2.50. The van der Waals surface area contributed by atoms with Crippen molar-refractivity contribution in [1.82, 2.24) is 0 Å². The first-order valence-corrected chi connectivity index (χ1v) is 28.9. The molecule has 0 aliphatic heterocycles. The lowest BCUT2D eigenvalue weighted by Crippen LogP contribution is -2.69. The average molecular weight is 926 g/mol. The molecule has 0 amide bonds. The van der Waals surface area contributed by atoms with E-state index in [1.165, 1.54) is 135 Å². The van der Waals surface area contributed by atoms with Crippen LogP contribution in [0.3, 0.4) is 0 Å². The van der Waals surface area contributed by atoms with Gasteiger partial charge in [0.2, 0.25) is 0 Å². The summed E-state index contributed by atoms with van der Waals surface area (Å²) in [6.07, 6.45) is 41.0. The van der Waals surface area contributed by atoms with Crippen molar-refractivity contribution in [1.29, 1.82) is 0 Å². The zero-order valence-corrected chi connectivity index (χ0v) is 45.7. The Hall–Kier alpha value is -0.730. The van der Waals surface area contributed by atoms with Crippen LogP contribution < -0.4 is 0 Å². The van der Waals surface area contributed by atoms with Gasteiger partial charge in [0.15, 0.2) is 6.10 Å². The molecule has 0 heterocycles. The van der Waals surface area contributed by atoms with Crippen LogP contribution in [-0.4, -0.2) is 56.9 Å². The van der Waals surface area contributed by atoms with Crippen LogP contribution in [0.1, 0.15) is 307 Å². The fraction of sp³-hybridized carbons (Fsp3) is 0.983. The molecule has 0 aromatic rings. The number of hydrogen-bond donors (Lipinski definition) is 0. The molecule has 0 spiro atoms. The van der Waals surface area contributed by atoms with Gasteiger partial charge in [-0.15, -0.1) is 0 Å². The molecule has 65 heavy (non-hydrogen) atoms. The molecule has 390 valence electrons. The second-order valence-corrected chi connectivity index (χ2v) is 21.2. The summed E-state index contributed by atoms with van der Waals surface area (Å²) in [5.41, 5.74) is -0.721. The van der Waals surface area contributed by atoms with Gasteiger partial charge in [-0.05, 0) is 71.6 Å². The number of esters is 1. The van der Waals surface area contributed by atoms with E-state index in [9.17, 15) is 4.79 Å². The van der Waals surface area contributed by atoms with Gasteiger partial charge in [0.05, 0.1) is 38.4 Å². The van der Waals surface area contributed by atoms with Gasteiger partial charge in [0.1, 0.15) is 0 Å². The predicted octanol–water partition coefficient (Wildman–Crippen LogP) is 18.6. The maximum absolute atomic E-state index is 14.3. The van der Waals surface area contributed by atoms with Crippen molar-refractivity contribution < 1.29 is 33.2 Å². The minimum absolute atomic E-state index is 0.259. The summed E-state index contributed by atoms with van der Waals surface area (Å²) in [7, 11) is 0. The molecule has 3 unspecified atom stereocenters. The van der Waals surface area contributed by atoms with Gasteiger partial charge in [-0.25, -0.2) is 0 Å². The molecular formula is C58H116O7. The standard InChI is InChI=1S/C58H116O7/c1-11-16-21-26-30-32-37-44-51-63-58(64-52-45-38-39-46-53(6)7,62-50-43-36-31-27-22-17-12-2)57(60-48-41-34-25-20-15-5,61-49-42-35-29-24-19-14-4)54(65-55(59)56(8,9)10)47-40-33-28-23-18-13-3/h53-54H,11-52H2,1-10H3. The van der Waals surface area contributed by atoms with Gasteiger partial charge >= 0.3 is 11.9 Å². The van der Waals surface area contributed by atoms with Crippen molar-refractivity contribution in [2.24, 2.45) is 11.3 Å². The van der Waals surface area contributed by atoms with Gasteiger partial charge in [0.25, 0.3) is 5.79 Å². The van der Waals surface area contributed by atoms with E-state index in [-0.39, 0.29) is 5.97 Å². The Morgan fingerprint density at radius 1 is 0.354 bits per heavy atom. The minimum atomic E-state index is -1.72. The summed E-state index contributed by atoms with van der Waals surface area (Å²) in [5, 5.41) is 0. The van der Waals surface area contributed by atoms with Gasteiger partial charge in [-0.3, -0.25) is 4.79 Å². The van der Waals surface area contributed by atoms with E-state index in [4.69, 9.17) is 28.4 Å². The van der Waals surface area contributed by atoms with E-state index in [0.717, 1.165) is 96.3 Å². The van der Waals surface area contributed by atoms with Crippen LogP contribution in [0.5, 0.6) is 0 Å². The molecule has 0 radical (unpaired) electrons. The molecule has 0 fully saturated rings. The van der Waals surface area contributed by atoms with E-state index in [0.29, 0.717) is 45.4 Å². The summed E-state index contributed by atoms with van der Waals surface area (Å²) in [4.78, 5) is 14.3. The number of hydrogen-bond acceptors (Lipinski definition) is 7. The summed E-state index contributed by atoms with van der Waals surface area (Å²) < 4.78 is 43.4. The van der Waals surface area contributed by atoms with Crippen LogP contribution in [0.2, 0.25) is 0 Å². The predicted molar refractivity (Wildman–Crippen MR) is 279 cm³/mol. The number of ether oxygens (including phenoxy) is 6. The maximum Gasteiger partial charge on any atom is 0.344 e. The topological polar surface area (TPSA) is 72.5 Å². The lowest BCUT2D eigenvalue weighted by atomic mass is 9.95. The normalized spacial score (nSPS) is 14.5. The second-order valence-electron chi connectivity index (χ2n) is 21.2. The first-order chi connectivity index (χ1) is 31.5. The Morgan fingerprint density at radius 2 is 0.615 bits per heavy atom. The zero-order chi connectivity index (χ0) is 48.2. The highest BCUT2D eigenvalue weighted by Gasteiger charge is 2.65. The van der Waals surface area contributed by atoms with Gasteiger partial charge < -0.3 is 28.4 Å². The molecule has 0 bridgehead atoms. The fourth-order valence-corrected chi connectivity index (χ4v) is 8.55. The van der Waals surface area contributed by atoms with E-state index in [2.05, 4.69) is 48.5 Å². The zero-order valence-electron chi connectivity index (χ0n) is 45.7. The van der Waals surface area contributed by atoms with Crippen molar-refractivity contribution >= 4 is 5.97 Å². The van der Waals surface area contributed by atoms with E-state index in [1.54, 1.807) is 0 Å². The van der Waals surface area contributed by atoms with Crippen LogP contribution in [-0.2, 0) is 33.2 Å². The van der Waals surface area contributed by atoms with Gasteiger partial charge in [-0.1, -0.05) is 241 Å². The van der Waals surface area contributed by atoms with Crippen molar-refractivity contribution in [3.8, 4) is 0 Å². The SMILES string of the molecule is CCCCCCCCCCOC(OCCCCCCCCC)(OCCCCCC(C)C)C(OCCCCCCC)(OCCCCCCCC)C(CCCCCCCC)OC(=O)C(C)(C)C. The molecule has 0 aliphatic carbocycles. The molecule has 0 saturated carbocycles. The molecule has 0 aliphatic rings. The van der Waals surface area contributed by atoms with Crippen LogP contribution in [0, 0.1) is 11.3 Å². The first kappa shape index (κ1) is 64.3. The Bertz CT molecular complexity index is 997. The number of rotatable bonds is 51. The van der Waals surface area contributed by atoms with Crippen molar-refractivity contribution in [3.63, 3.8) is 0 Å². The average Bonchev–Trinajstić information content (AvgIpc) is 3.28. The third-order valence-electron chi connectivity index (χ3n) is 13.0. The highest BCUT2D eigenvalue weighted by molar-refractivity contribution is 5.75. The highest BCUT2D eigenvalue weighted by Crippen LogP contribution is 2.43. The molecule has 7 nitrogen and oxygen atoms in total. The smallest absolute Gasteiger partial charge is 0.344 e. The van der Waals surface area contributed by atoms with Crippen LogP contribution in [0.25, 0.3) is 0 Å². The number of carbonyl (C=O) groups is 1. The van der Waals surface area contributed by atoms with Gasteiger partial charge in [-0.2, -0.15) is 0 Å². The van der Waals surface area contributed by atoms with Crippen molar-refractivity contribution in [2.45, 2.75) is 325 Å². The third kappa shape index (κ3) is 33.4. The van der Waals surface area contributed by atoms with E-state index in [1.807, 2.05) is 20.8 Å². The van der Waals surface area contributed by atoms with E-state index < -0.39 is 23.3 Å². The fourth-order valence-electron chi connectivity index (χ4n) is 8.55. The summed E-state index contributed by atoms with van der Waals surface area (Å²) >= 11 is 0. The largest absolute Gasteiger partial charge is 0.456 e. The summed E-state index contributed by atoms with van der Waals surface area (Å²) in [6.45, 7) is 24.0. The van der Waals surface area contributed by atoms with Crippen LogP contribution in [0.15, 0.2) is 0 Å². The van der Waals surface area contributed by atoms with Crippen LogP contribution >= 0.6 is 0 Å². The Morgan fingerprint density at radius 3 is 0.923 bits per heavy atom. The minimum Gasteiger partial charge on any atom is -0.456 e. The Kier molecular flexibility index (Phi) is 44.0. The number of unbranched alkanes of at least 4 members (excludes halogenated alkanes) is 29. The molecule has 3 atom stereocenters. The third-order valence-corrected chi connectivity index (χ3v) is 13.0. The molecule has 0 aromatic heterocycles. The maximum atomic E-state index is 14.3. The summed E-state index contributed by atoms with van der Waals surface area (Å²) in [5.74, 6) is -2.93. The number of carbonyl (C=O) groups excluding carboxylic acids is 1. The molecular weight excluding hydrogens is 809 g/mol. The molecule has 0 aromatic carbocycles. The summed E-state index contributed by atoms with van der Waals surface area (Å²) in [6, 6.07) is 0. The van der Waals surface area contributed by atoms with Gasteiger partial charge in [0, 0.05) is 0 Å². The second kappa shape index (κ2) is 44.5. The Labute approximate surface area is 406 Å². The van der Waals surface area contributed by atoms with Crippen LogP contribution in [0.4, 0.5) is 0 Å². The Balaban J connectivity index is 7.56.